The number of hydrogen-bond acceptors (Lipinski definition) is 3. The maximum absolute atomic E-state index is 13.6. The smallest absolute Gasteiger partial charge is 0.146 e. The number of hydrogen-bond donors (Lipinski definition) is 1. The van der Waals surface area contributed by atoms with Gasteiger partial charge in [0, 0.05) is 7.05 Å². The Hall–Kier alpha value is -2.10. The highest BCUT2D eigenvalue weighted by Crippen LogP contribution is 2.25. The third kappa shape index (κ3) is 2.20. The van der Waals surface area contributed by atoms with E-state index in [9.17, 15) is 4.39 Å². The Balaban J connectivity index is 2.40. The molecule has 0 unspecified atom stereocenters. The zero-order valence-electron chi connectivity index (χ0n) is 9.81. The number of nitrogens with two attached hydrogens (primary N) is 1. The van der Waals surface area contributed by atoms with E-state index in [-0.39, 0.29) is 5.82 Å². The average molecular weight is 231 g/mol. The first-order valence-corrected chi connectivity index (χ1v) is 5.30. The van der Waals surface area contributed by atoms with Crippen molar-refractivity contribution in [3.63, 3.8) is 0 Å². The lowest BCUT2D eigenvalue weighted by atomic mass is 10.2. The first-order chi connectivity index (χ1) is 8.09. The molecular formula is C13H14FN3. The van der Waals surface area contributed by atoms with Crippen molar-refractivity contribution >= 4 is 17.2 Å². The van der Waals surface area contributed by atoms with Gasteiger partial charge in [0.05, 0.1) is 17.6 Å². The second kappa shape index (κ2) is 4.41. The van der Waals surface area contributed by atoms with Gasteiger partial charge in [-0.25, -0.2) is 9.37 Å². The third-order valence-electron chi connectivity index (χ3n) is 2.69. The van der Waals surface area contributed by atoms with E-state index in [0.717, 1.165) is 5.56 Å². The van der Waals surface area contributed by atoms with Gasteiger partial charge in [0.25, 0.3) is 0 Å². The monoisotopic (exact) mass is 231 g/mol. The maximum atomic E-state index is 13.6. The fraction of sp³-hybridized carbons (Fsp3) is 0.154. The van der Waals surface area contributed by atoms with E-state index in [1.165, 1.54) is 6.07 Å². The molecule has 1 heterocycles. The minimum atomic E-state index is -0.272. The van der Waals surface area contributed by atoms with Crippen molar-refractivity contribution in [2.75, 3.05) is 17.7 Å². The molecule has 2 rings (SSSR count). The molecule has 3 nitrogen and oxygen atoms in total. The minimum absolute atomic E-state index is 0.272. The number of aryl methyl sites for hydroxylation is 1. The molecule has 0 aliphatic rings. The van der Waals surface area contributed by atoms with E-state index >= 15 is 0 Å². The summed E-state index contributed by atoms with van der Waals surface area (Å²) >= 11 is 0. The predicted octanol–water partition coefficient (Wildman–Crippen LogP) is 2.88. The second-order valence-corrected chi connectivity index (χ2v) is 3.91. The van der Waals surface area contributed by atoms with Crippen LogP contribution in [0.4, 0.5) is 21.6 Å². The molecule has 0 saturated heterocycles. The molecule has 0 bridgehead atoms. The third-order valence-corrected chi connectivity index (χ3v) is 2.69. The Morgan fingerprint density at radius 1 is 1.29 bits per heavy atom. The molecule has 0 aliphatic carbocycles. The molecule has 1 aromatic heterocycles. The van der Waals surface area contributed by atoms with Crippen LogP contribution in [0.1, 0.15) is 5.56 Å². The summed E-state index contributed by atoms with van der Waals surface area (Å²) in [4.78, 5) is 5.89. The molecule has 0 fully saturated rings. The quantitative estimate of drug-likeness (QED) is 0.864. The summed E-state index contributed by atoms with van der Waals surface area (Å²) in [7, 11) is 1.77. The van der Waals surface area contributed by atoms with Crippen molar-refractivity contribution in [3.05, 3.63) is 47.9 Å². The first-order valence-electron chi connectivity index (χ1n) is 5.30. The van der Waals surface area contributed by atoms with E-state index in [4.69, 9.17) is 5.73 Å². The van der Waals surface area contributed by atoms with E-state index in [1.807, 2.05) is 13.0 Å². The Labute approximate surface area is 99.7 Å². The highest BCUT2D eigenvalue weighted by atomic mass is 19.1. The van der Waals surface area contributed by atoms with E-state index in [0.29, 0.717) is 17.2 Å². The van der Waals surface area contributed by atoms with Gasteiger partial charge in [-0.3, -0.25) is 0 Å². The summed E-state index contributed by atoms with van der Waals surface area (Å²) in [6.45, 7) is 1.90. The number of nitrogen functional groups attached to an aromatic ring is 1. The van der Waals surface area contributed by atoms with Gasteiger partial charge >= 0.3 is 0 Å². The zero-order valence-corrected chi connectivity index (χ0v) is 9.81. The normalized spacial score (nSPS) is 10.3. The predicted molar refractivity (Wildman–Crippen MR) is 67.8 cm³/mol. The van der Waals surface area contributed by atoms with E-state index < -0.39 is 0 Å². The summed E-state index contributed by atoms with van der Waals surface area (Å²) in [6, 6.07) is 8.42. The maximum Gasteiger partial charge on any atom is 0.146 e. The Bertz CT molecular complexity index is 540. The number of benzene rings is 1. The summed E-state index contributed by atoms with van der Waals surface area (Å²) in [5.74, 6) is 0.396. The summed E-state index contributed by atoms with van der Waals surface area (Å²) in [5.41, 5.74) is 7.76. The van der Waals surface area contributed by atoms with Gasteiger partial charge < -0.3 is 10.6 Å². The number of pyridine rings is 1. The largest absolute Gasteiger partial charge is 0.397 e. The molecule has 0 radical (unpaired) electrons. The Morgan fingerprint density at radius 2 is 2.00 bits per heavy atom. The molecule has 0 amide bonds. The number of rotatable bonds is 2. The van der Waals surface area contributed by atoms with Crippen LogP contribution in [-0.2, 0) is 0 Å². The molecule has 0 spiro atoms. The van der Waals surface area contributed by atoms with Gasteiger partial charge in [0.1, 0.15) is 11.6 Å². The molecule has 88 valence electrons. The van der Waals surface area contributed by atoms with Gasteiger partial charge in [-0.15, -0.1) is 0 Å². The highest BCUT2D eigenvalue weighted by Gasteiger charge is 2.10. The van der Waals surface area contributed by atoms with Crippen LogP contribution in [-0.4, -0.2) is 12.0 Å². The number of halogens is 1. The molecule has 0 saturated carbocycles. The molecule has 17 heavy (non-hydrogen) atoms. The van der Waals surface area contributed by atoms with Crippen LogP contribution >= 0.6 is 0 Å². The fourth-order valence-electron chi connectivity index (χ4n) is 1.58. The number of nitrogens with zero attached hydrogens (tertiary/aromatic N) is 2. The van der Waals surface area contributed by atoms with Crippen molar-refractivity contribution in [1.82, 2.24) is 4.98 Å². The van der Waals surface area contributed by atoms with Crippen LogP contribution in [0.3, 0.4) is 0 Å². The summed E-state index contributed by atoms with van der Waals surface area (Å²) < 4.78 is 13.6. The Kier molecular flexibility index (Phi) is 2.95. The lowest BCUT2D eigenvalue weighted by Gasteiger charge is -2.19. The zero-order chi connectivity index (χ0) is 12.4. The Morgan fingerprint density at radius 3 is 2.65 bits per heavy atom. The number of aromatic nitrogens is 1. The summed E-state index contributed by atoms with van der Waals surface area (Å²) in [5, 5.41) is 0. The van der Waals surface area contributed by atoms with Gasteiger partial charge in [-0.2, -0.15) is 0 Å². The SMILES string of the molecule is Cc1cc(N(C)c2ccccc2F)ncc1N. The van der Waals surface area contributed by atoms with Gasteiger partial charge in [-0.1, -0.05) is 12.1 Å². The molecule has 2 aromatic rings. The van der Waals surface area contributed by atoms with Gasteiger partial charge in [-0.05, 0) is 30.7 Å². The highest BCUT2D eigenvalue weighted by molar-refractivity contribution is 5.62. The molecule has 1 aromatic carbocycles. The molecule has 2 N–H and O–H groups in total. The molecule has 0 aliphatic heterocycles. The lowest BCUT2D eigenvalue weighted by molar-refractivity contribution is 0.627. The summed E-state index contributed by atoms with van der Waals surface area (Å²) in [6.07, 6.45) is 1.59. The van der Waals surface area contributed by atoms with Crippen LogP contribution in [0.15, 0.2) is 36.5 Å². The van der Waals surface area contributed by atoms with Crippen molar-refractivity contribution in [1.29, 1.82) is 0 Å². The van der Waals surface area contributed by atoms with Crippen molar-refractivity contribution < 1.29 is 4.39 Å². The van der Waals surface area contributed by atoms with Gasteiger partial charge in [0.15, 0.2) is 0 Å². The standard InChI is InChI=1S/C13H14FN3/c1-9-7-13(16-8-11(9)15)17(2)12-6-4-3-5-10(12)14/h3-8H,15H2,1-2H3. The van der Waals surface area contributed by atoms with Crippen molar-refractivity contribution in [3.8, 4) is 0 Å². The fourth-order valence-corrected chi connectivity index (χ4v) is 1.58. The van der Waals surface area contributed by atoms with E-state index in [1.54, 1.807) is 36.3 Å². The van der Waals surface area contributed by atoms with Crippen LogP contribution in [0.25, 0.3) is 0 Å². The van der Waals surface area contributed by atoms with Crippen LogP contribution in [0.5, 0.6) is 0 Å². The van der Waals surface area contributed by atoms with Gasteiger partial charge in [0.2, 0.25) is 0 Å². The second-order valence-electron chi connectivity index (χ2n) is 3.91. The molecule has 4 heteroatoms. The van der Waals surface area contributed by atoms with Crippen LogP contribution in [0.2, 0.25) is 0 Å². The first kappa shape index (κ1) is 11.4. The molecule has 0 atom stereocenters. The van der Waals surface area contributed by atoms with Crippen LogP contribution < -0.4 is 10.6 Å². The minimum Gasteiger partial charge on any atom is -0.397 e. The average Bonchev–Trinajstić information content (AvgIpc) is 2.32. The van der Waals surface area contributed by atoms with Crippen LogP contribution in [0, 0.1) is 12.7 Å². The van der Waals surface area contributed by atoms with Crippen molar-refractivity contribution in [2.45, 2.75) is 6.92 Å². The number of anilines is 3. The molecular weight excluding hydrogens is 217 g/mol. The number of para-hydroxylation sites is 1. The lowest BCUT2D eigenvalue weighted by Crippen LogP contribution is -2.13. The van der Waals surface area contributed by atoms with Crippen molar-refractivity contribution in [2.24, 2.45) is 0 Å². The van der Waals surface area contributed by atoms with E-state index in [2.05, 4.69) is 4.98 Å². The topological polar surface area (TPSA) is 42.2 Å².